The van der Waals surface area contributed by atoms with E-state index in [1.165, 1.54) is 0 Å². The van der Waals surface area contributed by atoms with E-state index in [4.69, 9.17) is 0 Å². The lowest BCUT2D eigenvalue weighted by molar-refractivity contribution is 0.189. The van der Waals surface area contributed by atoms with Crippen LogP contribution in [0.2, 0.25) is 0 Å². The highest BCUT2D eigenvalue weighted by Gasteiger charge is 2.28. The average molecular weight is 330 g/mol. The number of piperidine rings is 1. The Bertz CT molecular complexity index is 687. The first-order valence-corrected chi connectivity index (χ1v) is 8.38. The van der Waals surface area contributed by atoms with E-state index in [9.17, 15) is 0 Å². The van der Waals surface area contributed by atoms with Crippen molar-refractivity contribution in [1.29, 1.82) is 0 Å². The summed E-state index contributed by atoms with van der Waals surface area (Å²) in [5, 5.41) is 11.7. The summed E-state index contributed by atoms with van der Waals surface area (Å²) in [6.45, 7) is 6.80. The SMILES string of the molecule is CN=C(NCc1nnc(C)n1C)N1CCC(C)C(n2ccnc2)C1. The lowest BCUT2D eigenvalue weighted by Crippen LogP contribution is -2.48. The minimum Gasteiger partial charge on any atom is -0.349 e. The van der Waals surface area contributed by atoms with Gasteiger partial charge in [0.2, 0.25) is 0 Å². The van der Waals surface area contributed by atoms with Gasteiger partial charge in [0.15, 0.2) is 11.8 Å². The molecule has 0 amide bonds. The number of aromatic nitrogens is 5. The van der Waals surface area contributed by atoms with Crippen molar-refractivity contribution in [3.63, 3.8) is 0 Å². The number of nitrogens with zero attached hydrogens (tertiary/aromatic N) is 7. The number of aliphatic imine (C=N–C) groups is 1. The van der Waals surface area contributed by atoms with Gasteiger partial charge in [-0.1, -0.05) is 6.92 Å². The van der Waals surface area contributed by atoms with Crippen LogP contribution in [0.4, 0.5) is 0 Å². The number of imidazole rings is 1. The smallest absolute Gasteiger partial charge is 0.194 e. The first-order valence-electron chi connectivity index (χ1n) is 8.38. The van der Waals surface area contributed by atoms with E-state index in [1.54, 1.807) is 0 Å². The molecule has 0 radical (unpaired) electrons. The van der Waals surface area contributed by atoms with Gasteiger partial charge < -0.3 is 19.4 Å². The molecule has 0 aliphatic carbocycles. The molecule has 130 valence electrons. The molecule has 24 heavy (non-hydrogen) atoms. The second kappa shape index (κ2) is 7.02. The number of hydrogen-bond acceptors (Lipinski definition) is 4. The standard InChI is InChI=1S/C16H26N8/c1-12-5-7-23(10-14(12)24-8-6-18-11-24)16(17-3)19-9-15-21-20-13(2)22(15)4/h6,8,11-12,14H,5,7,9-10H2,1-4H3,(H,17,19). The average Bonchev–Trinajstić information content (AvgIpc) is 3.22. The zero-order valence-corrected chi connectivity index (χ0v) is 14.8. The molecule has 1 N–H and O–H groups in total. The Labute approximate surface area is 142 Å². The molecule has 2 aromatic heterocycles. The van der Waals surface area contributed by atoms with E-state index >= 15 is 0 Å². The minimum absolute atomic E-state index is 0.414. The van der Waals surface area contributed by atoms with Crippen LogP contribution in [-0.2, 0) is 13.6 Å². The van der Waals surface area contributed by atoms with E-state index < -0.39 is 0 Å². The Morgan fingerprint density at radius 1 is 1.42 bits per heavy atom. The molecule has 0 bridgehead atoms. The fourth-order valence-corrected chi connectivity index (χ4v) is 3.19. The van der Waals surface area contributed by atoms with Crippen molar-refractivity contribution < 1.29 is 0 Å². The maximum atomic E-state index is 4.45. The Morgan fingerprint density at radius 2 is 2.25 bits per heavy atom. The topological polar surface area (TPSA) is 76.2 Å². The molecule has 2 aromatic rings. The number of guanidine groups is 1. The van der Waals surface area contributed by atoms with Crippen molar-refractivity contribution in [2.75, 3.05) is 20.1 Å². The maximum Gasteiger partial charge on any atom is 0.194 e. The number of aryl methyl sites for hydroxylation is 1. The quantitative estimate of drug-likeness (QED) is 0.670. The Balaban J connectivity index is 1.66. The molecule has 8 nitrogen and oxygen atoms in total. The van der Waals surface area contributed by atoms with Crippen LogP contribution in [-0.4, -0.2) is 55.3 Å². The molecule has 1 aliphatic heterocycles. The normalized spacial score (nSPS) is 22.0. The molecule has 2 unspecified atom stereocenters. The minimum atomic E-state index is 0.414. The van der Waals surface area contributed by atoms with Crippen LogP contribution in [0.25, 0.3) is 0 Å². The van der Waals surface area contributed by atoms with Gasteiger partial charge in [-0.15, -0.1) is 10.2 Å². The van der Waals surface area contributed by atoms with Crippen molar-refractivity contribution in [3.8, 4) is 0 Å². The Morgan fingerprint density at radius 3 is 2.88 bits per heavy atom. The van der Waals surface area contributed by atoms with Crippen molar-refractivity contribution in [3.05, 3.63) is 30.4 Å². The van der Waals surface area contributed by atoms with Gasteiger partial charge >= 0.3 is 0 Å². The Kier molecular flexibility index (Phi) is 4.82. The monoisotopic (exact) mass is 330 g/mol. The number of nitrogens with one attached hydrogen (secondary N) is 1. The molecule has 1 aliphatic rings. The van der Waals surface area contributed by atoms with Crippen molar-refractivity contribution >= 4 is 5.96 Å². The molecule has 1 fully saturated rings. The lowest BCUT2D eigenvalue weighted by atomic mass is 9.93. The molecule has 1 saturated heterocycles. The van der Waals surface area contributed by atoms with Crippen LogP contribution < -0.4 is 5.32 Å². The highest BCUT2D eigenvalue weighted by molar-refractivity contribution is 5.79. The van der Waals surface area contributed by atoms with E-state index in [0.717, 1.165) is 37.1 Å². The third-order valence-electron chi connectivity index (χ3n) is 4.93. The van der Waals surface area contributed by atoms with E-state index in [-0.39, 0.29) is 0 Å². The van der Waals surface area contributed by atoms with Crippen LogP contribution in [0.1, 0.15) is 31.0 Å². The predicted octanol–water partition coefficient (Wildman–Crippen LogP) is 0.979. The molecule has 2 atom stereocenters. The van der Waals surface area contributed by atoms with Gasteiger partial charge in [-0.05, 0) is 19.3 Å². The highest BCUT2D eigenvalue weighted by atomic mass is 15.3. The summed E-state index contributed by atoms with van der Waals surface area (Å²) < 4.78 is 4.20. The zero-order valence-electron chi connectivity index (χ0n) is 14.8. The van der Waals surface area contributed by atoms with Gasteiger partial charge in [-0.3, -0.25) is 4.99 Å². The summed E-state index contributed by atoms with van der Waals surface area (Å²) in [6, 6.07) is 0.414. The summed E-state index contributed by atoms with van der Waals surface area (Å²) in [4.78, 5) is 11.0. The van der Waals surface area contributed by atoms with Gasteiger partial charge in [0, 0.05) is 39.6 Å². The summed E-state index contributed by atoms with van der Waals surface area (Å²) >= 11 is 0. The second-order valence-corrected chi connectivity index (χ2v) is 6.41. The molecule has 0 saturated carbocycles. The molecule has 0 spiro atoms. The van der Waals surface area contributed by atoms with Crippen LogP contribution in [0.15, 0.2) is 23.7 Å². The number of rotatable bonds is 3. The van der Waals surface area contributed by atoms with Gasteiger partial charge in [0.1, 0.15) is 5.82 Å². The summed E-state index contributed by atoms with van der Waals surface area (Å²) in [5.74, 6) is 3.35. The zero-order chi connectivity index (χ0) is 17.1. The van der Waals surface area contributed by atoms with E-state index in [2.05, 4.69) is 41.9 Å². The van der Waals surface area contributed by atoms with E-state index in [0.29, 0.717) is 18.5 Å². The highest BCUT2D eigenvalue weighted by Crippen LogP contribution is 2.27. The predicted molar refractivity (Wildman–Crippen MR) is 92.6 cm³/mol. The fourth-order valence-electron chi connectivity index (χ4n) is 3.19. The van der Waals surface area contributed by atoms with E-state index in [1.807, 2.05) is 44.3 Å². The molecule has 3 heterocycles. The van der Waals surface area contributed by atoms with Crippen LogP contribution in [0.5, 0.6) is 0 Å². The summed E-state index contributed by atoms with van der Waals surface area (Å²) in [5.41, 5.74) is 0. The van der Waals surface area contributed by atoms with Gasteiger partial charge in [0.05, 0.1) is 18.9 Å². The van der Waals surface area contributed by atoms with Crippen molar-refractivity contribution in [2.45, 2.75) is 32.9 Å². The van der Waals surface area contributed by atoms with Crippen molar-refractivity contribution in [1.82, 2.24) is 34.5 Å². The fraction of sp³-hybridized carbons (Fsp3) is 0.625. The lowest BCUT2D eigenvalue weighted by Gasteiger charge is -2.39. The largest absolute Gasteiger partial charge is 0.349 e. The number of likely N-dealkylation sites (tertiary alicyclic amines) is 1. The molecular weight excluding hydrogens is 304 g/mol. The van der Waals surface area contributed by atoms with Crippen molar-refractivity contribution in [2.24, 2.45) is 18.0 Å². The third kappa shape index (κ3) is 3.27. The number of hydrogen-bond donors (Lipinski definition) is 1. The van der Waals surface area contributed by atoms with Gasteiger partial charge in [-0.25, -0.2) is 4.98 Å². The molecular formula is C16H26N8. The van der Waals surface area contributed by atoms with Crippen LogP contribution in [0, 0.1) is 12.8 Å². The first kappa shape index (κ1) is 16.5. The summed E-state index contributed by atoms with van der Waals surface area (Å²) in [7, 11) is 3.81. The van der Waals surface area contributed by atoms with Gasteiger partial charge in [-0.2, -0.15) is 0 Å². The molecule has 3 rings (SSSR count). The summed E-state index contributed by atoms with van der Waals surface area (Å²) in [6.07, 6.45) is 6.92. The van der Waals surface area contributed by atoms with Crippen LogP contribution >= 0.6 is 0 Å². The first-order chi connectivity index (χ1) is 11.6. The maximum absolute atomic E-state index is 4.45. The van der Waals surface area contributed by atoms with Gasteiger partial charge in [0.25, 0.3) is 0 Å². The van der Waals surface area contributed by atoms with Crippen LogP contribution in [0.3, 0.4) is 0 Å². The molecule has 0 aromatic carbocycles. The Hall–Kier alpha value is -2.38. The third-order valence-corrected chi connectivity index (χ3v) is 4.93. The second-order valence-electron chi connectivity index (χ2n) is 6.41. The molecule has 8 heteroatoms.